The summed E-state index contributed by atoms with van der Waals surface area (Å²) in [6.45, 7) is 0. The Hall–Kier alpha value is 2.76. The van der Waals surface area contributed by atoms with E-state index >= 15 is 0 Å². The maximum atomic E-state index is 8.99. The first kappa shape index (κ1) is 10.8. The van der Waals surface area contributed by atoms with Crippen molar-refractivity contribution in [2.75, 3.05) is 0 Å². The Morgan fingerprint density at radius 2 is 1.25 bits per heavy atom. The van der Waals surface area contributed by atoms with Crippen LogP contribution in [0.15, 0.2) is 0 Å². The molecule has 0 aliphatic carbocycles. The summed E-state index contributed by atoms with van der Waals surface area (Å²) in [6.07, 6.45) is 0. The summed E-state index contributed by atoms with van der Waals surface area (Å²) in [6, 6.07) is 0. The molecule has 6 radical (unpaired) electrons. The van der Waals surface area contributed by atoms with E-state index in [0.717, 1.165) is 68.8 Å². The molecule has 0 aliphatic rings. The molecule has 0 aromatic heterocycles. The van der Waals surface area contributed by atoms with E-state index in [9.17, 15) is 0 Å². The van der Waals surface area contributed by atoms with Crippen LogP contribution in [0.3, 0.4) is 0 Å². The van der Waals surface area contributed by atoms with Gasteiger partial charge in [0.15, 0.2) is 0 Å². The van der Waals surface area contributed by atoms with Gasteiger partial charge in [-0.1, -0.05) is 0 Å². The van der Waals surface area contributed by atoms with Crippen molar-refractivity contribution >= 4 is 83.0 Å². The molecule has 0 bridgehead atoms. The molecule has 40 valence electrons. The number of hydrogen-bond acceptors (Lipinski definition) is 4. The Bertz CT molecular complexity index is 54.0. The van der Waals surface area contributed by atoms with Gasteiger partial charge in [0.1, 0.15) is 0 Å². The second-order valence-electron chi connectivity index (χ2n) is 0.678. The van der Waals surface area contributed by atoms with Crippen molar-refractivity contribution in [3.63, 3.8) is 0 Å². The molecule has 8 heavy (non-hydrogen) atoms. The van der Waals surface area contributed by atoms with Gasteiger partial charge in [-0.15, -0.1) is 0 Å². The summed E-state index contributed by atoms with van der Waals surface area (Å²) < 4.78 is 22.9. The first-order valence-electron chi connectivity index (χ1n) is 1.29. The number of hydrogen-bond donors (Lipinski definition) is 1. The molecule has 0 saturated carbocycles. The Morgan fingerprint density at radius 3 is 1.25 bits per heavy atom. The van der Waals surface area contributed by atoms with Crippen LogP contribution in [0.5, 0.6) is 0 Å². The third-order valence-electron chi connectivity index (χ3n) is 0.316. The zero-order chi connectivity index (χ0) is 6.62. The van der Waals surface area contributed by atoms with Crippen LogP contribution in [-0.2, 0) is 6.47 Å². The molecule has 0 unspecified atom stereocenters. The van der Waals surface area contributed by atoms with Gasteiger partial charge < -0.3 is 0 Å². The SMILES string of the molecule is O[Se]([O][Sn+])([O][Sn+])[O][Sn+]. The normalized spacial score (nSPS) is 13.6. The topological polar surface area (TPSA) is 47.9 Å². The Morgan fingerprint density at radius 1 is 1.00 bits per heavy atom. The summed E-state index contributed by atoms with van der Waals surface area (Å²) in [4.78, 5) is 0. The number of rotatable bonds is 3. The van der Waals surface area contributed by atoms with Crippen LogP contribution in [-0.4, -0.2) is 87.2 Å². The van der Waals surface area contributed by atoms with E-state index in [0.29, 0.717) is 0 Å². The Labute approximate surface area is 92.1 Å². The minimum atomic E-state index is -3.21. The molecule has 0 amide bonds. The van der Waals surface area contributed by atoms with Gasteiger partial charge >= 0.3 is 93.6 Å². The first-order chi connectivity index (χ1) is 3.68. The maximum absolute atomic E-state index is 8.99. The molecule has 0 atom stereocenters. The third-order valence-corrected chi connectivity index (χ3v) is 11.0. The van der Waals surface area contributed by atoms with Crippen LogP contribution < -0.4 is 0 Å². The van der Waals surface area contributed by atoms with Crippen molar-refractivity contribution in [2.24, 2.45) is 0 Å². The van der Waals surface area contributed by atoms with E-state index in [2.05, 4.69) is 6.47 Å². The minimum absolute atomic E-state index is 0.783. The monoisotopic (exact) mass is 505 g/mol. The van der Waals surface area contributed by atoms with Gasteiger partial charge in [-0.2, -0.15) is 0 Å². The van der Waals surface area contributed by atoms with Crippen molar-refractivity contribution < 1.29 is 10.7 Å². The summed E-state index contributed by atoms with van der Waals surface area (Å²) in [7, 11) is 0. The van der Waals surface area contributed by atoms with Crippen LogP contribution in [0.25, 0.3) is 0 Å². The van der Waals surface area contributed by atoms with Gasteiger partial charge in [0.2, 0.25) is 0 Å². The average molecular weight is 500 g/mol. The van der Waals surface area contributed by atoms with E-state index in [1.165, 1.54) is 0 Å². The molecule has 0 aliphatic heterocycles. The van der Waals surface area contributed by atoms with E-state index in [1.54, 1.807) is 0 Å². The van der Waals surface area contributed by atoms with E-state index in [1.807, 2.05) is 0 Å². The quantitative estimate of drug-likeness (QED) is 0.444. The van der Waals surface area contributed by atoms with Gasteiger partial charge in [-0.25, -0.2) is 0 Å². The van der Waals surface area contributed by atoms with Gasteiger partial charge in [-0.05, 0) is 0 Å². The van der Waals surface area contributed by atoms with Crippen molar-refractivity contribution in [1.82, 2.24) is 0 Å². The zero-order valence-electron chi connectivity index (χ0n) is 3.58. The Balaban J connectivity index is 3.58. The molecule has 1 N–H and O–H groups in total. The summed E-state index contributed by atoms with van der Waals surface area (Å²) in [5, 5.41) is 0. The van der Waals surface area contributed by atoms with E-state index < -0.39 is 14.2 Å². The predicted octanol–water partition coefficient (Wildman–Crippen LogP) is -2.29. The van der Waals surface area contributed by atoms with Gasteiger partial charge in [0.05, 0.1) is 0 Å². The van der Waals surface area contributed by atoms with Crippen LogP contribution in [0.4, 0.5) is 0 Å². The van der Waals surface area contributed by atoms with Crippen molar-refractivity contribution in [1.29, 1.82) is 0 Å². The molecular weight excluding hydrogens is 499 g/mol. The van der Waals surface area contributed by atoms with Crippen LogP contribution in [0.2, 0.25) is 0 Å². The average Bonchev–Trinajstić information content (AvgIpc) is 1.87. The first-order valence-corrected chi connectivity index (χ1v) is 7.65. The van der Waals surface area contributed by atoms with Crippen LogP contribution in [0, 0.1) is 0 Å². The molecule has 0 spiro atoms. The zero-order valence-corrected chi connectivity index (χ0v) is 13.9. The molecule has 8 heteroatoms. The third kappa shape index (κ3) is 3.81. The summed E-state index contributed by atoms with van der Waals surface area (Å²) in [5.41, 5.74) is 0. The molecule has 4 nitrogen and oxygen atoms in total. The van der Waals surface area contributed by atoms with E-state index in [4.69, 9.17) is 4.19 Å². The van der Waals surface area contributed by atoms with Gasteiger partial charge in [-0.3, -0.25) is 0 Å². The van der Waals surface area contributed by atoms with Gasteiger partial charge in [0.25, 0.3) is 0 Å². The summed E-state index contributed by atoms with van der Waals surface area (Å²) >= 11 is -0.865. The fourth-order valence-corrected chi connectivity index (χ4v) is 11.9. The standard InChI is InChI=1S/H4O4Se.3Sn/c1-5(2,3)4;;;/h1-4H;;;/q;3*+2/p-3. The molecule has 0 saturated heterocycles. The predicted molar refractivity (Wildman–Crippen MR) is 28.5 cm³/mol. The van der Waals surface area contributed by atoms with Gasteiger partial charge in [0, 0.05) is 0 Å². The van der Waals surface area contributed by atoms with Crippen molar-refractivity contribution in [2.45, 2.75) is 0 Å². The van der Waals surface area contributed by atoms with Crippen LogP contribution >= 0.6 is 0 Å². The van der Waals surface area contributed by atoms with Crippen LogP contribution in [0.1, 0.15) is 0 Å². The van der Waals surface area contributed by atoms with Crippen molar-refractivity contribution in [3.8, 4) is 0 Å². The molecule has 0 aromatic rings. The summed E-state index contributed by atoms with van der Waals surface area (Å²) in [5.74, 6) is 0. The van der Waals surface area contributed by atoms with E-state index in [-0.39, 0.29) is 0 Å². The molecular formula is HO4SeSn3+3. The molecule has 0 fully saturated rings. The second-order valence-corrected chi connectivity index (χ2v) is 10.9. The second kappa shape index (κ2) is 5.41. The fourth-order valence-electron chi connectivity index (χ4n) is 0.0510. The molecule has 0 rings (SSSR count). The fraction of sp³-hybridized carbons (Fsp3) is 0. The molecule has 0 heterocycles. The van der Waals surface area contributed by atoms with Crippen molar-refractivity contribution in [3.05, 3.63) is 0 Å². The Kier molecular flexibility index (Phi) is 7.28. The molecule has 0 aromatic carbocycles.